The van der Waals surface area contributed by atoms with Crippen molar-refractivity contribution in [1.82, 2.24) is 0 Å². The van der Waals surface area contributed by atoms with Crippen LogP contribution in [-0.2, 0) is 6.42 Å². The van der Waals surface area contributed by atoms with Crippen LogP contribution >= 0.6 is 0 Å². The lowest BCUT2D eigenvalue weighted by Gasteiger charge is -2.16. The molecule has 2 heteroatoms. The molecule has 0 aliphatic carbocycles. The SMILES string of the molecule is CCc1cccc(OCC(CN)c2ccccc2)c1. The molecule has 19 heavy (non-hydrogen) atoms. The van der Waals surface area contributed by atoms with Crippen molar-refractivity contribution in [2.75, 3.05) is 13.2 Å². The molecule has 2 nitrogen and oxygen atoms in total. The van der Waals surface area contributed by atoms with Crippen LogP contribution in [0, 0.1) is 0 Å². The third-order valence-electron chi connectivity index (χ3n) is 3.31. The molecule has 0 spiro atoms. The Hall–Kier alpha value is -1.80. The summed E-state index contributed by atoms with van der Waals surface area (Å²) in [6.07, 6.45) is 1.02. The highest BCUT2D eigenvalue weighted by molar-refractivity contribution is 5.29. The first-order valence-electron chi connectivity index (χ1n) is 6.80. The molecule has 2 aromatic rings. The van der Waals surface area contributed by atoms with Gasteiger partial charge in [-0.05, 0) is 29.7 Å². The Morgan fingerprint density at radius 1 is 1.05 bits per heavy atom. The van der Waals surface area contributed by atoms with E-state index < -0.39 is 0 Å². The zero-order valence-electron chi connectivity index (χ0n) is 11.4. The van der Waals surface area contributed by atoms with Crippen molar-refractivity contribution in [2.24, 2.45) is 5.73 Å². The average molecular weight is 255 g/mol. The van der Waals surface area contributed by atoms with Crippen molar-refractivity contribution in [3.05, 3.63) is 65.7 Å². The van der Waals surface area contributed by atoms with Crippen LogP contribution in [0.2, 0.25) is 0 Å². The lowest BCUT2D eigenvalue weighted by Crippen LogP contribution is -2.19. The summed E-state index contributed by atoms with van der Waals surface area (Å²) in [7, 11) is 0. The molecule has 0 radical (unpaired) electrons. The van der Waals surface area contributed by atoms with Crippen LogP contribution in [-0.4, -0.2) is 13.2 Å². The number of aryl methyl sites for hydroxylation is 1. The second-order valence-electron chi connectivity index (χ2n) is 4.66. The summed E-state index contributed by atoms with van der Waals surface area (Å²) in [5.74, 6) is 1.17. The highest BCUT2D eigenvalue weighted by Gasteiger charge is 2.10. The fourth-order valence-electron chi connectivity index (χ4n) is 2.08. The molecule has 0 heterocycles. The summed E-state index contributed by atoms with van der Waals surface area (Å²) in [4.78, 5) is 0. The highest BCUT2D eigenvalue weighted by Crippen LogP contribution is 2.18. The number of hydrogen-bond acceptors (Lipinski definition) is 2. The second-order valence-corrected chi connectivity index (χ2v) is 4.66. The first-order valence-corrected chi connectivity index (χ1v) is 6.80. The molecule has 0 aliphatic heterocycles. The fourth-order valence-corrected chi connectivity index (χ4v) is 2.08. The molecule has 2 N–H and O–H groups in total. The molecule has 0 amide bonds. The van der Waals surface area contributed by atoms with E-state index in [1.54, 1.807) is 0 Å². The van der Waals surface area contributed by atoms with E-state index in [1.165, 1.54) is 11.1 Å². The Morgan fingerprint density at radius 3 is 2.53 bits per heavy atom. The summed E-state index contributed by atoms with van der Waals surface area (Å²) in [5.41, 5.74) is 8.37. The molecule has 0 bridgehead atoms. The van der Waals surface area contributed by atoms with Gasteiger partial charge >= 0.3 is 0 Å². The van der Waals surface area contributed by atoms with Crippen molar-refractivity contribution in [3.63, 3.8) is 0 Å². The van der Waals surface area contributed by atoms with Crippen LogP contribution in [0.25, 0.3) is 0 Å². The van der Waals surface area contributed by atoms with Gasteiger partial charge in [-0.25, -0.2) is 0 Å². The van der Waals surface area contributed by atoms with Gasteiger partial charge in [0.1, 0.15) is 5.75 Å². The van der Waals surface area contributed by atoms with Crippen LogP contribution in [0.15, 0.2) is 54.6 Å². The van der Waals surface area contributed by atoms with Gasteiger partial charge in [0.15, 0.2) is 0 Å². The Labute approximate surface area is 115 Å². The third kappa shape index (κ3) is 3.83. The monoisotopic (exact) mass is 255 g/mol. The fraction of sp³-hybridized carbons (Fsp3) is 0.294. The number of ether oxygens (including phenoxy) is 1. The summed E-state index contributed by atoms with van der Waals surface area (Å²) in [6.45, 7) is 3.36. The van der Waals surface area contributed by atoms with Gasteiger partial charge in [0.2, 0.25) is 0 Å². The van der Waals surface area contributed by atoms with Crippen LogP contribution in [0.4, 0.5) is 0 Å². The minimum Gasteiger partial charge on any atom is -0.493 e. The maximum Gasteiger partial charge on any atom is 0.119 e. The molecule has 0 saturated carbocycles. The lowest BCUT2D eigenvalue weighted by molar-refractivity contribution is 0.290. The smallest absolute Gasteiger partial charge is 0.119 e. The summed E-state index contributed by atoms with van der Waals surface area (Å²) >= 11 is 0. The molecule has 0 aliphatic rings. The quantitative estimate of drug-likeness (QED) is 0.859. The molecule has 2 rings (SSSR count). The molecule has 0 fully saturated rings. The molecule has 2 aromatic carbocycles. The van der Waals surface area contributed by atoms with Gasteiger partial charge in [-0.1, -0.05) is 49.4 Å². The maximum atomic E-state index is 5.88. The highest BCUT2D eigenvalue weighted by atomic mass is 16.5. The van der Waals surface area contributed by atoms with E-state index in [0.717, 1.165) is 12.2 Å². The van der Waals surface area contributed by atoms with Gasteiger partial charge in [0.25, 0.3) is 0 Å². The van der Waals surface area contributed by atoms with Crippen LogP contribution in [0.1, 0.15) is 24.0 Å². The molecule has 1 atom stereocenters. The number of rotatable bonds is 6. The summed E-state index contributed by atoms with van der Waals surface area (Å²) in [5, 5.41) is 0. The number of hydrogen-bond donors (Lipinski definition) is 1. The van der Waals surface area contributed by atoms with Crippen molar-refractivity contribution in [3.8, 4) is 5.75 Å². The van der Waals surface area contributed by atoms with Crippen molar-refractivity contribution < 1.29 is 4.74 Å². The van der Waals surface area contributed by atoms with Crippen molar-refractivity contribution in [2.45, 2.75) is 19.3 Å². The minimum absolute atomic E-state index is 0.242. The lowest BCUT2D eigenvalue weighted by atomic mass is 10.0. The van der Waals surface area contributed by atoms with E-state index in [0.29, 0.717) is 13.2 Å². The van der Waals surface area contributed by atoms with Gasteiger partial charge in [0, 0.05) is 12.5 Å². The molecule has 0 saturated heterocycles. The van der Waals surface area contributed by atoms with Crippen LogP contribution < -0.4 is 10.5 Å². The molecule has 0 aromatic heterocycles. The Morgan fingerprint density at radius 2 is 1.84 bits per heavy atom. The van der Waals surface area contributed by atoms with Gasteiger partial charge in [0.05, 0.1) is 6.61 Å². The second kappa shape index (κ2) is 6.95. The Kier molecular flexibility index (Phi) is 4.99. The minimum atomic E-state index is 0.242. The average Bonchev–Trinajstić information content (AvgIpc) is 2.49. The maximum absolute atomic E-state index is 5.88. The predicted molar refractivity (Wildman–Crippen MR) is 79.6 cm³/mol. The summed E-state index contributed by atoms with van der Waals surface area (Å²) < 4.78 is 5.88. The number of benzene rings is 2. The van der Waals surface area contributed by atoms with Gasteiger partial charge in [-0.15, -0.1) is 0 Å². The van der Waals surface area contributed by atoms with E-state index >= 15 is 0 Å². The Bertz CT molecular complexity index is 496. The van der Waals surface area contributed by atoms with E-state index in [-0.39, 0.29) is 5.92 Å². The largest absolute Gasteiger partial charge is 0.493 e. The molecular formula is C17H21NO. The van der Waals surface area contributed by atoms with Gasteiger partial charge in [-0.2, -0.15) is 0 Å². The van der Waals surface area contributed by atoms with Crippen LogP contribution in [0.5, 0.6) is 5.75 Å². The Balaban J connectivity index is 2.00. The predicted octanol–water partition coefficient (Wildman–Crippen LogP) is 3.37. The van der Waals surface area contributed by atoms with E-state index in [1.807, 2.05) is 30.3 Å². The van der Waals surface area contributed by atoms with Gasteiger partial charge < -0.3 is 10.5 Å². The number of nitrogens with two attached hydrogens (primary N) is 1. The van der Waals surface area contributed by atoms with Crippen LogP contribution in [0.3, 0.4) is 0 Å². The molecule has 100 valence electrons. The van der Waals surface area contributed by atoms with E-state index in [9.17, 15) is 0 Å². The summed E-state index contributed by atoms with van der Waals surface area (Å²) in [6, 6.07) is 18.5. The van der Waals surface area contributed by atoms with E-state index in [4.69, 9.17) is 10.5 Å². The normalized spacial score (nSPS) is 12.1. The van der Waals surface area contributed by atoms with E-state index in [2.05, 4.69) is 31.2 Å². The molecule has 1 unspecified atom stereocenters. The van der Waals surface area contributed by atoms with Crippen molar-refractivity contribution >= 4 is 0 Å². The zero-order chi connectivity index (χ0) is 13.5. The zero-order valence-corrected chi connectivity index (χ0v) is 11.4. The first kappa shape index (κ1) is 13.6. The standard InChI is InChI=1S/C17H21NO/c1-2-14-7-6-10-17(11-14)19-13-16(12-18)15-8-4-3-5-9-15/h3-11,16H,2,12-13,18H2,1H3. The molecular weight excluding hydrogens is 234 g/mol. The van der Waals surface area contributed by atoms with Crippen molar-refractivity contribution in [1.29, 1.82) is 0 Å². The topological polar surface area (TPSA) is 35.2 Å². The first-order chi connectivity index (χ1) is 9.33. The third-order valence-corrected chi connectivity index (χ3v) is 3.31. The van der Waals surface area contributed by atoms with Gasteiger partial charge in [-0.3, -0.25) is 0 Å².